The van der Waals surface area contributed by atoms with Crippen LogP contribution in [0.2, 0.25) is 0 Å². The van der Waals surface area contributed by atoms with E-state index in [4.69, 9.17) is 5.84 Å². The van der Waals surface area contributed by atoms with Crippen LogP contribution in [0.25, 0.3) is 0 Å². The molecule has 2 rings (SSSR count). The zero-order valence-corrected chi connectivity index (χ0v) is 13.0. The van der Waals surface area contributed by atoms with Crippen molar-refractivity contribution in [1.29, 1.82) is 0 Å². The summed E-state index contributed by atoms with van der Waals surface area (Å²) in [6.07, 6.45) is 1.37. The number of hydrogen-bond acceptors (Lipinski definition) is 5. The fraction of sp³-hybridized carbons (Fsp3) is 0.0833. The maximum absolute atomic E-state index is 12.3. The summed E-state index contributed by atoms with van der Waals surface area (Å²) < 4.78 is 27.7. The van der Waals surface area contributed by atoms with Crippen LogP contribution >= 0.6 is 15.9 Å². The Balaban J connectivity index is 2.35. The molecule has 0 aliphatic carbocycles. The fourth-order valence-corrected chi connectivity index (χ4v) is 3.38. The number of pyridine rings is 1. The Morgan fingerprint density at radius 1 is 1.25 bits per heavy atom. The first-order valence-corrected chi connectivity index (χ1v) is 7.91. The molecule has 0 radical (unpaired) electrons. The van der Waals surface area contributed by atoms with E-state index in [1.54, 1.807) is 6.07 Å². The third-order valence-electron chi connectivity index (χ3n) is 2.56. The molecule has 0 aliphatic heterocycles. The third kappa shape index (κ3) is 3.27. The van der Waals surface area contributed by atoms with Gasteiger partial charge < -0.3 is 5.43 Å². The highest BCUT2D eigenvalue weighted by molar-refractivity contribution is 9.10. The number of nitrogens with two attached hydrogens (primary N) is 1. The van der Waals surface area contributed by atoms with Gasteiger partial charge in [0.2, 0.25) is 0 Å². The van der Waals surface area contributed by atoms with Gasteiger partial charge in [-0.15, -0.1) is 0 Å². The molecule has 0 atom stereocenters. The molecule has 8 heteroatoms. The van der Waals surface area contributed by atoms with Gasteiger partial charge >= 0.3 is 0 Å². The van der Waals surface area contributed by atoms with Crippen molar-refractivity contribution < 1.29 is 8.42 Å². The number of nitrogens with zero attached hydrogens (tertiary/aromatic N) is 1. The number of aromatic nitrogens is 1. The first-order valence-electron chi connectivity index (χ1n) is 5.64. The SMILES string of the molecule is Cc1ccc(NS(=O)(=O)c2ccnc(NN)c2)c(Br)c1. The molecule has 0 amide bonds. The van der Waals surface area contributed by atoms with E-state index >= 15 is 0 Å². The molecule has 106 valence electrons. The average molecular weight is 357 g/mol. The first-order chi connectivity index (χ1) is 9.42. The number of hydrazine groups is 1. The number of rotatable bonds is 4. The molecule has 4 N–H and O–H groups in total. The topological polar surface area (TPSA) is 97.1 Å². The minimum atomic E-state index is -3.70. The molecule has 0 aliphatic rings. The maximum Gasteiger partial charge on any atom is 0.262 e. The minimum absolute atomic E-state index is 0.0768. The predicted molar refractivity (Wildman–Crippen MR) is 81.7 cm³/mol. The lowest BCUT2D eigenvalue weighted by atomic mass is 10.2. The van der Waals surface area contributed by atoms with Crippen LogP contribution in [-0.2, 0) is 10.0 Å². The highest BCUT2D eigenvalue weighted by Gasteiger charge is 2.16. The molecule has 0 fully saturated rings. The predicted octanol–water partition coefficient (Wildman–Crippen LogP) is 2.24. The standard InChI is InChI=1S/C12H13BrN4O2S/c1-8-2-3-11(10(13)6-8)17-20(18,19)9-4-5-15-12(7-9)16-14/h2-7,17H,14H2,1H3,(H,15,16). The molecule has 0 unspecified atom stereocenters. The smallest absolute Gasteiger partial charge is 0.262 e. The molecule has 0 saturated carbocycles. The number of hydrogen-bond donors (Lipinski definition) is 3. The van der Waals surface area contributed by atoms with E-state index in [9.17, 15) is 8.42 Å². The van der Waals surface area contributed by atoms with Crippen LogP contribution in [0.3, 0.4) is 0 Å². The Morgan fingerprint density at radius 2 is 2.00 bits per heavy atom. The summed E-state index contributed by atoms with van der Waals surface area (Å²) in [5, 5.41) is 0. The number of benzene rings is 1. The quantitative estimate of drug-likeness (QED) is 0.576. The largest absolute Gasteiger partial charge is 0.308 e. The fourth-order valence-electron chi connectivity index (χ4n) is 1.56. The molecule has 2 aromatic rings. The summed E-state index contributed by atoms with van der Waals surface area (Å²) in [6.45, 7) is 1.92. The summed E-state index contributed by atoms with van der Waals surface area (Å²) in [4.78, 5) is 3.95. The first kappa shape index (κ1) is 14.8. The number of nitrogens with one attached hydrogen (secondary N) is 2. The van der Waals surface area contributed by atoms with E-state index in [2.05, 4.69) is 31.1 Å². The molecular weight excluding hydrogens is 344 g/mol. The van der Waals surface area contributed by atoms with Crippen molar-refractivity contribution in [3.05, 3.63) is 46.6 Å². The van der Waals surface area contributed by atoms with Crippen molar-refractivity contribution in [3.63, 3.8) is 0 Å². The molecule has 1 heterocycles. The molecule has 0 spiro atoms. The maximum atomic E-state index is 12.3. The van der Waals surface area contributed by atoms with Gasteiger partial charge in [-0.2, -0.15) is 0 Å². The Kier molecular flexibility index (Phi) is 4.26. The highest BCUT2D eigenvalue weighted by Crippen LogP contribution is 2.26. The second-order valence-corrected chi connectivity index (χ2v) is 6.65. The van der Waals surface area contributed by atoms with E-state index < -0.39 is 10.0 Å². The van der Waals surface area contributed by atoms with Crippen LogP contribution in [0.15, 0.2) is 45.9 Å². The van der Waals surface area contributed by atoms with Crippen LogP contribution in [-0.4, -0.2) is 13.4 Å². The van der Waals surface area contributed by atoms with Gasteiger partial charge in [0, 0.05) is 16.7 Å². The lowest BCUT2D eigenvalue weighted by molar-refractivity contribution is 0.601. The average Bonchev–Trinajstić information content (AvgIpc) is 2.42. The van der Waals surface area contributed by atoms with Crippen LogP contribution in [0, 0.1) is 6.92 Å². The molecule has 1 aromatic carbocycles. The van der Waals surface area contributed by atoms with Crippen LogP contribution in [0.5, 0.6) is 0 Å². The highest BCUT2D eigenvalue weighted by atomic mass is 79.9. The van der Waals surface area contributed by atoms with Crippen molar-refractivity contribution in [2.45, 2.75) is 11.8 Å². The van der Waals surface area contributed by atoms with Gasteiger partial charge in [0.1, 0.15) is 5.82 Å². The summed E-state index contributed by atoms with van der Waals surface area (Å²) in [6, 6.07) is 8.09. The molecule has 6 nitrogen and oxygen atoms in total. The van der Waals surface area contributed by atoms with Gasteiger partial charge in [-0.05, 0) is 46.6 Å². The monoisotopic (exact) mass is 356 g/mol. The molecule has 20 heavy (non-hydrogen) atoms. The molecule has 0 saturated heterocycles. The Morgan fingerprint density at radius 3 is 2.65 bits per heavy atom. The van der Waals surface area contributed by atoms with Crippen LogP contribution < -0.4 is 16.0 Å². The Labute approximate surface area is 125 Å². The second kappa shape index (κ2) is 5.78. The van der Waals surface area contributed by atoms with Gasteiger partial charge in [0.05, 0.1) is 10.6 Å². The summed E-state index contributed by atoms with van der Waals surface area (Å²) in [7, 11) is -3.70. The van der Waals surface area contributed by atoms with E-state index in [0.717, 1.165) is 5.56 Å². The normalized spacial score (nSPS) is 11.2. The minimum Gasteiger partial charge on any atom is -0.308 e. The molecule has 0 bridgehead atoms. The number of anilines is 2. The van der Waals surface area contributed by atoms with Crippen molar-refractivity contribution >= 4 is 37.5 Å². The van der Waals surface area contributed by atoms with Gasteiger partial charge in [-0.25, -0.2) is 19.2 Å². The van der Waals surface area contributed by atoms with Crippen molar-refractivity contribution in [2.75, 3.05) is 10.1 Å². The van der Waals surface area contributed by atoms with E-state index in [0.29, 0.717) is 10.2 Å². The Bertz CT molecular complexity index is 734. The van der Waals surface area contributed by atoms with Crippen LogP contribution in [0.4, 0.5) is 11.5 Å². The number of sulfonamides is 1. The second-order valence-electron chi connectivity index (χ2n) is 4.11. The lowest BCUT2D eigenvalue weighted by Gasteiger charge is -2.11. The van der Waals surface area contributed by atoms with Crippen molar-refractivity contribution in [1.82, 2.24) is 4.98 Å². The summed E-state index contributed by atoms with van der Waals surface area (Å²) in [5.74, 6) is 5.49. The molecular formula is C12H13BrN4O2S. The van der Waals surface area contributed by atoms with E-state index in [1.165, 1.54) is 18.3 Å². The Hall–Kier alpha value is -1.64. The number of nitrogen functional groups attached to an aromatic ring is 1. The number of halogens is 1. The van der Waals surface area contributed by atoms with Crippen molar-refractivity contribution in [3.8, 4) is 0 Å². The van der Waals surface area contributed by atoms with Gasteiger partial charge in [-0.1, -0.05) is 6.07 Å². The summed E-state index contributed by atoms with van der Waals surface area (Å²) >= 11 is 3.33. The lowest BCUT2D eigenvalue weighted by Crippen LogP contribution is -2.15. The van der Waals surface area contributed by atoms with Gasteiger partial charge in [0.15, 0.2) is 0 Å². The van der Waals surface area contributed by atoms with Crippen LogP contribution in [0.1, 0.15) is 5.56 Å². The van der Waals surface area contributed by atoms with Crippen molar-refractivity contribution in [2.24, 2.45) is 5.84 Å². The van der Waals surface area contributed by atoms with E-state index in [-0.39, 0.29) is 10.7 Å². The van der Waals surface area contributed by atoms with Gasteiger partial charge in [-0.3, -0.25) is 4.72 Å². The van der Waals surface area contributed by atoms with Gasteiger partial charge in [0.25, 0.3) is 10.0 Å². The zero-order valence-electron chi connectivity index (χ0n) is 10.6. The number of aryl methyl sites for hydroxylation is 1. The molecule has 1 aromatic heterocycles. The summed E-state index contributed by atoms with van der Waals surface area (Å²) in [5.41, 5.74) is 3.80. The van der Waals surface area contributed by atoms with E-state index in [1.807, 2.05) is 19.1 Å². The third-order valence-corrected chi connectivity index (χ3v) is 4.58. The zero-order chi connectivity index (χ0) is 14.8.